The van der Waals surface area contributed by atoms with Gasteiger partial charge in [-0.3, -0.25) is 14.0 Å². The van der Waals surface area contributed by atoms with Gasteiger partial charge in [0.05, 0.1) is 12.1 Å². The standard InChI is InChI=1S/C13H15N3O2S/c14-3-1-2-11-8-12(10-15-9-11)13(17)16-4-6-19(18)7-5-16/h8-10H,3-7,14H2. The van der Waals surface area contributed by atoms with E-state index in [0.717, 1.165) is 0 Å². The number of amides is 1. The van der Waals surface area contributed by atoms with Crippen molar-refractivity contribution in [2.24, 2.45) is 5.73 Å². The van der Waals surface area contributed by atoms with Crippen molar-refractivity contribution >= 4 is 16.7 Å². The highest BCUT2D eigenvalue weighted by atomic mass is 32.2. The van der Waals surface area contributed by atoms with Crippen molar-refractivity contribution in [1.82, 2.24) is 9.88 Å². The summed E-state index contributed by atoms with van der Waals surface area (Å²) in [6.45, 7) is 1.34. The lowest BCUT2D eigenvalue weighted by Crippen LogP contribution is -2.41. The monoisotopic (exact) mass is 277 g/mol. The van der Waals surface area contributed by atoms with E-state index in [-0.39, 0.29) is 12.5 Å². The summed E-state index contributed by atoms with van der Waals surface area (Å²) in [5, 5.41) is 0. The third kappa shape index (κ3) is 3.63. The fourth-order valence-corrected chi connectivity index (χ4v) is 2.85. The molecule has 1 amide bonds. The minimum atomic E-state index is -0.788. The number of hydrogen-bond donors (Lipinski definition) is 1. The van der Waals surface area contributed by atoms with Crippen LogP contribution >= 0.6 is 0 Å². The van der Waals surface area contributed by atoms with E-state index >= 15 is 0 Å². The zero-order valence-corrected chi connectivity index (χ0v) is 11.3. The van der Waals surface area contributed by atoms with Crippen LogP contribution in [0.25, 0.3) is 0 Å². The van der Waals surface area contributed by atoms with Crippen LogP contribution in [0.2, 0.25) is 0 Å². The Morgan fingerprint density at radius 2 is 2.16 bits per heavy atom. The average molecular weight is 277 g/mol. The van der Waals surface area contributed by atoms with Crippen molar-refractivity contribution in [3.8, 4) is 11.8 Å². The molecule has 19 heavy (non-hydrogen) atoms. The number of hydrogen-bond acceptors (Lipinski definition) is 4. The van der Waals surface area contributed by atoms with Gasteiger partial charge in [-0.05, 0) is 6.07 Å². The molecule has 0 radical (unpaired) electrons. The molecule has 1 aliphatic heterocycles. The molecule has 2 N–H and O–H groups in total. The number of nitrogens with zero attached hydrogens (tertiary/aromatic N) is 2. The highest BCUT2D eigenvalue weighted by Crippen LogP contribution is 2.09. The summed E-state index contributed by atoms with van der Waals surface area (Å²) in [5.41, 5.74) is 6.49. The minimum Gasteiger partial charge on any atom is -0.337 e. The van der Waals surface area contributed by atoms with Crippen LogP contribution < -0.4 is 5.73 Å². The molecule has 1 saturated heterocycles. The lowest BCUT2D eigenvalue weighted by molar-refractivity contribution is 0.0771. The maximum absolute atomic E-state index is 12.2. The Kier molecular flexibility index (Phi) is 4.66. The number of carbonyl (C=O) groups is 1. The summed E-state index contributed by atoms with van der Waals surface area (Å²) in [7, 11) is -0.788. The molecule has 0 unspecified atom stereocenters. The Hall–Kier alpha value is -1.71. The Labute approximate surface area is 114 Å². The van der Waals surface area contributed by atoms with E-state index in [1.807, 2.05) is 0 Å². The minimum absolute atomic E-state index is 0.0828. The molecule has 0 spiro atoms. The van der Waals surface area contributed by atoms with Crippen LogP contribution in [-0.4, -0.2) is 51.1 Å². The van der Waals surface area contributed by atoms with Gasteiger partial charge in [-0.2, -0.15) is 0 Å². The summed E-state index contributed by atoms with van der Waals surface area (Å²) in [5.74, 6) is 6.59. The topological polar surface area (TPSA) is 76.3 Å². The fourth-order valence-electron chi connectivity index (χ4n) is 1.80. The summed E-state index contributed by atoms with van der Waals surface area (Å²) in [6, 6.07) is 1.71. The quantitative estimate of drug-likeness (QED) is 0.708. The van der Waals surface area contributed by atoms with E-state index in [9.17, 15) is 9.00 Å². The van der Waals surface area contributed by atoms with Crippen LogP contribution in [0.5, 0.6) is 0 Å². The Bertz CT molecular complexity index is 552. The molecule has 5 nitrogen and oxygen atoms in total. The average Bonchev–Trinajstić information content (AvgIpc) is 2.45. The van der Waals surface area contributed by atoms with Crippen molar-refractivity contribution in [2.75, 3.05) is 31.1 Å². The molecule has 1 aliphatic rings. The van der Waals surface area contributed by atoms with Gasteiger partial charge in [0.2, 0.25) is 0 Å². The van der Waals surface area contributed by atoms with Crippen molar-refractivity contribution in [1.29, 1.82) is 0 Å². The Balaban J connectivity index is 2.12. The first-order valence-corrected chi connectivity index (χ1v) is 7.48. The smallest absolute Gasteiger partial charge is 0.255 e. The van der Waals surface area contributed by atoms with E-state index in [2.05, 4.69) is 16.8 Å². The summed E-state index contributed by atoms with van der Waals surface area (Å²) in [4.78, 5) is 18.0. The lowest BCUT2D eigenvalue weighted by Gasteiger charge is -2.26. The van der Waals surface area contributed by atoms with E-state index in [0.29, 0.717) is 35.7 Å². The lowest BCUT2D eigenvalue weighted by atomic mass is 10.2. The zero-order chi connectivity index (χ0) is 13.7. The van der Waals surface area contributed by atoms with Crippen LogP contribution in [0.1, 0.15) is 15.9 Å². The molecule has 1 aromatic heterocycles. The van der Waals surface area contributed by atoms with Crippen LogP contribution in [0, 0.1) is 11.8 Å². The first-order valence-electron chi connectivity index (χ1n) is 5.99. The molecular formula is C13H15N3O2S. The summed E-state index contributed by atoms with van der Waals surface area (Å²) < 4.78 is 11.3. The molecule has 0 aliphatic carbocycles. The molecule has 1 aromatic rings. The van der Waals surface area contributed by atoms with Gasteiger partial charge < -0.3 is 10.6 Å². The highest BCUT2D eigenvalue weighted by Gasteiger charge is 2.21. The molecule has 6 heteroatoms. The highest BCUT2D eigenvalue weighted by molar-refractivity contribution is 7.85. The molecule has 0 atom stereocenters. The van der Waals surface area contributed by atoms with Gasteiger partial charge in [-0.15, -0.1) is 0 Å². The van der Waals surface area contributed by atoms with E-state index in [1.165, 1.54) is 6.20 Å². The predicted octanol–water partition coefficient (Wildman–Crippen LogP) is -0.404. The number of rotatable bonds is 1. The van der Waals surface area contributed by atoms with Crippen LogP contribution in [-0.2, 0) is 10.8 Å². The van der Waals surface area contributed by atoms with Gasteiger partial charge in [0.15, 0.2) is 0 Å². The molecule has 0 saturated carbocycles. The van der Waals surface area contributed by atoms with Crippen LogP contribution in [0.15, 0.2) is 18.5 Å². The van der Waals surface area contributed by atoms with E-state index in [1.54, 1.807) is 17.2 Å². The second-order valence-electron chi connectivity index (χ2n) is 4.11. The Morgan fingerprint density at radius 3 is 2.84 bits per heavy atom. The van der Waals surface area contributed by atoms with Crippen LogP contribution in [0.3, 0.4) is 0 Å². The largest absolute Gasteiger partial charge is 0.337 e. The third-order valence-electron chi connectivity index (χ3n) is 2.78. The second-order valence-corrected chi connectivity index (χ2v) is 5.80. The van der Waals surface area contributed by atoms with Crippen molar-refractivity contribution in [2.45, 2.75) is 0 Å². The molecule has 0 aromatic carbocycles. The maximum Gasteiger partial charge on any atom is 0.255 e. The first kappa shape index (κ1) is 13.7. The van der Waals surface area contributed by atoms with Crippen molar-refractivity contribution in [3.05, 3.63) is 29.6 Å². The number of aromatic nitrogens is 1. The number of carbonyl (C=O) groups excluding carboxylic acids is 1. The molecule has 1 fully saturated rings. The predicted molar refractivity (Wildman–Crippen MR) is 73.9 cm³/mol. The zero-order valence-electron chi connectivity index (χ0n) is 10.5. The van der Waals surface area contributed by atoms with Crippen LogP contribution in [0.4, 0.5) is 0 Å². The van der Waals surface area contributed by atoms with Gasteiger partial charge in [0.1, 0.15) is 0 Å². The number of nitrogens with two attached hydrogens (primary N) is 1. The van der Waals surface area contributed by atoms with E-state index in [4.69, 9.17) is 5.73 Å². The maximum atomic E-state index is 12.2. The van der Waals surface area contributed by atoms with Gasteiger partial charge in [0, 0.05) is 53.4 Å². The van der Waals surface area contributed by atoms with Gasteiger partial charge in [0.25, 0.3) is 5.91 Å². The summed E-state index contributed by atoms with van der Waals surface area (Å²) >= 11 is 0. The van der Waals surface area contributed by atoms with E-state index < -0.39 is 10.8 Å². The normalized spacial score (nSPS) is 15.7. The van der Waals surface area contributed by atoms with Crippen molar-refractivity contribution in [3.63, 3.8) is 0 Å². The molecule has 2 heterocycles. The molecular weight excluding hydrogens is 262 g/mol. The summed E-state index contributed by atoms with van der Waals surface area (Å²) in [6.07, 6.45) is 3.13. The molecule has 2 rings (SSSR count). The van der Waals surface area contributed by atoms with Gasteiger partial charge in [-0.1, -0.05) is 11.8 Å². The van der Waals surface area contributed by atoms with Crippen molar-refractivity contribution < 1.29 is 9.00 Å². The molecule has 100 valence electrons. The van der Waals surface area contributed by atoms with Gasteiger partial charge in [-0.25, -0.2) is 0 Å². The van der Waals surface area contributed by atoms with Gasteiger partial charge >= 0.3 is 0 Å². The fraction of sp³-hybridized carbons (Fsp3) is 0.385. The molecule has 0 bridgehead atoms. The first-order chi connectivity index (χ1) is 9.20. The Morgan fingerprint density at radius 1 is 1.42 bits per heavy atom. The third-order valence-corrected chi connectivity index (χ3v) is 4.06. The number of pyridine rings is 1. The SMILES string of the molecule is NCC#Cc1cncc(C(=O)N2CCS(=O)CC2)c1. The second kappa shape index (κ2) is 6.45.